The molecule has 0 fully saturated rings. The van der Waals surface area contributed by atoms with Crippen LogP contribution in [0.15, 0.2) is 12.1 Å². The van der Waals surface area contributed by atoms with Gasteiger partial charge in [0.25, 0.3) is 0 Å². The van der Waals surface area contributed by atoms with Crippen molar-refractivity contribution in [3.8, 4) is 5.75 Å². The second kappa shape index (κ2) is 6.65. The van der Waals surface area contributed by atoms with E-state index in [4.69, 9.17) is 4.74 Å². The van der Waals surface area contributed by atoms with E-state index in [0.717, 1.165) is 18.9 Å². The molecule has 2 heteroatoms. The third kappa shape index (κ3) is 4.04. The summed E-state index contributed by atoms with van der Waals surface area (Å²) in [5.74, 6) is 1.05. The molecule has 2 nitrogen and oxygen atoms in total. The summed E-state index contributed by atoms with van der Waals surface area (Å²) in [5.41, 5.74) is 3.86. The highest BCUT2D eigenvalue weighted by Crippen LogP contribution is 2.22. The van der Waals surface area contributed by atoms with Crippen LogP contribution in [-0.2, 0) is 0 Å². The second-order valence-electron chi connectivity index (χ2n) is 4.76. The number of nitrogens with one attached hydrogen (secondary N) is 1. The van der Waals surface area contributed by atoms with Crippen molar-refractivity contribution >= 4 is 0 Å². The predicted octanol–water partition coefficient (Wildman–Crippen LogP) is 1.92. The number of ether oxygens (including phenoxy) is 1. The topological polar surface area (TPSA) is 13.7 Å². The predicted molar refractivity (Wildman–Crippen MR) is 73.1 cm³/mol. The summed E-state index contributed by atoms with van der Waals surface area (Å²) < 4.78 is 5.91. The summed E-state index contributed by atoms with van der Waals surface area (Å²) in [4.78, 5) is 1.59. The van der Waals surface area contributed by atoms with Gasteiger partial charge in [0, 0.05) is 0 Å². The Kier molecular flexibility index (Phi) is 5.49. The van der Waals surface area contributed by atoms with Crippen LogP contribution in [0.25, 0.3) is 0 Å². The van der Waals surface area contributed by atoms with Gasteiger partial charge in [0.05, 0.1) is 13.1 Å². The van der Waals surface area contributed by atoms with E-state index in [0.29, 0.717) is 0 Å². The molecule has 0 radical (unpaired) electrons. The lowest BCUT2D eigenvalue weighted by Crippen LogP contribution is -3.12. The van der Waals surface area contributed by atoms with Crippen molar-refractivity contribution in [2.24, 2.45) is 0 Å². The number of hydrogen-bond donors (Lipinski definition) is 1. The highest BCUT2D eigenvalue weighted by molar-refractivity contribution is 5.41. The monoisotopic (exact) mass is 236 g/mol. The quantitative estimate of drug-likeness (QED) is 0.796. The zero-order chi connectivity index (χ0) is 12.8. The molecule has 1 rings (SSSR count). The number of aryl methyl sites for hydroxylation is 2. The summed E-state index contributed by atoms with van der Waals surface area (Å²) in [5, 5.41) is 0. The first-order valence-corrected chi connectivity index (χ1v) is 6.62. The smallest absolute Gasteiger partial charge is 0.137 e. The Labute approximate surface area is 106 Å². The van der Waals surface area contributed by atoms with E-state index in [1.54, 1.807) is 4.90 Å². The van der Waals surface area contributed by atoms with Crippen molar-refractivity contribution < 1.29 is 9.64 Å². The first-order chi connectivity index (χ1) is 8.08. The zero-order valence-corrected chi connectivity index (χ0v) is 11.9. The van der Waals surface area contributed by atoms with Crippen molar-refractivity contribution in [1.82, 2.24) is 0 Å². The maximum atomic E-state index is 5.91. The molecule has 0 aliphatic rings. The molecule has 0 heterocycles. The van der Waals surface area contributed by atoms with Crippen LogP contribution in [0.5, 0.6) is 5.75 Å². The molecule has 0 aliphatic heterocycles. The minimum Gasteiger partial charge on any atom is -0.487 e. The van der Waals surface area contributed by atoms with Crippen LogP contribution >= 0.6 is 0 Å². The van der Waals surface area contributed by atoms with Crippen LogP contribution in [0.1, 0.15) is 30.5 Å². The maximum absolute atomic E-state index is 5.91. The Balaban J connectivity index is 2.57. The van der Waals surface area contributed by atoms with Gasteiger partial charge in [0.1, 0.15) is 18.9 Å². The fraction of sp³-hybridized carbons (Fsp3) is 0.600. The zero-order valence-electron chi connectivity index (χ0n) is 11.9. The lowest BCUT2D eigenvalue weighted by atomic mass is 10.1. The number of quaternary nitrogens is 1. The molecule has 0 bridgehead atoms. The molecule has 0 aliphatic carbocycles. The SMILES string of the molecule is CC[NH+](CC)CCOc1cc(C)cc(C)c1C. The van der Waals surface area contributed by atoms with E-state index in [9.17, 15) is 0 Å². The van der Waals surface area contributed by atoms with E-state index in [-0.39, 0.29) is 0 Å². The summed E-state index contributed by atoms with van der Waals surface area (Å²) in [7, 11) is 0. The third-order valence-electron chi connectivity index (χ3n) is 3.48. The summed E-state index contributed by atoms with van der Waals surface area (Å²) in [6, 6.07) is 4.34. The first-order valence-electron chi connectivity index (χ1n) is 6.62. The van der Waals surface area contributed by atoms with Crippen LogP contribution in [0.3, 0.4) is 0 Å². The van der Waals surface area contributed by atoms with Gasteiger partial charge in [-0.3, -0.25) is 0 Å². The average Bonchev–Trinajstić information content (AvgIpc) is 2.30. The van der Waals surface area contributed by atoms with Crippen LogP contribution in [-0.4, -0.2) is 26.2 Å². The van der Waals surface area contributed by atoms with Gasteiger partial charge in [-0.25, -0.2) is 0 Å². The van der Waals surface area contributed by atoms with Crippen LogP contribution in [0, 0.1) is 20.8 Å². The molecule has 17 heavy (non-hydrogen) atoms. The van der Waals surface area contributed by atoms with Crippen molar-refractivity contribution in [3.05, 3.63) is 28.8 Å². The van der Waals surface area contributed by atoms with E-state index in [1.807, 2.05) is 0 Å². The third-order valence-corrected chi connectivity index (χ3v) is 3.48. The Hall–Kier alpha value is -1.02. The Morgan fingerprint density at radius 1 is 1.06 bits per heavy atom. The molecule has 0 spiro atoms. The van der Waals surface area contributed by atoms with Gasteiger partial charge in [0.15, 0.2) is 0 Å². The number of likely N-dealkylation sites (N-methyl/N-ethyl adjacent to an activating group) is 1. The minimum absolute atomic E-state index is 0.806. The second-order valence-corrected chi connectivity index (χ2v) is 4.76. The Morgan fingerprint density at radius 3 is 2.29 bits per heavy atom. The maximum Gasteiger partial charge on any atom is 0.137 e. The van der Waals surface area contributed by atoms with Crippen molar-refractivity contribution in [2.75, 3.05) is 26.2 Å². The fourth-order valence-electron chi connectivity index (χ4n) is 2.06. The molecule has 1 N–H and O–H groups in total. The molecule has 0 unspecified atom stereocenters. The molecule has 96 valence electrons. The van der Waals surface area contributed by atoms with Gasteiger partial charge < -0.3 is 9.64 Å². The van der Waals surface area contributed by atoms with E-state index >= 15 is 0 Å². The normalized spacial score (nSPS) is 10.9. The van der Waals surface area contributed by atoms with Gasteiger partial charge in [-0.05, 0) is 57.4 Å². The summed E-state index contributed by atoms with van der Waals surface area (Å²) >= 11 is 0. The largest absolute Gasteiger partial charge is 0.487 e. The molecular formula is C15H26NO+. The van der Waals surface area contributed by atoms with Gasteiger partial charge in [0.2, 0.25) is 0 Å². The first kappa shape index (κ1) is 14.0. The number of hydrogen-bond acceptors (Lipinski definition) is 1. The molecule has 0 saturated heterocycles. The van der Waals surface area contributed by atoms with Gasteiger partial charge in [-0.15, -0.1) is 0 Å². The minimum atomic E-state index is 0.806. The lowest BCUT2D eigenvalue weighted by Gasteiger charge is -2.17. The van der Waals surface area contributed by atoms with Crippen molar-refractivity contribution in [3.63, 3.8) is 0 Å². The van der Waals surface area contributed by atoms with E-state index < -0.39 is 0 Å². The number of benzene rings is 1. The number of rotatable bonds is 6. The van der Waals surface area contributed by atoms with Crippen LogP contribution in [0.2, 0.25) is 0 Å². The highest BCUT2D eigenvalue weighted by atomic mass is 16.5. The van der Waals surface area contributed by atoms with Crippen molar-refractivity contribution in [1.29, 1.82) is 0 Å². The van der Waals surface area contributed by atoms with Crippen LogP contribution < -0.4 is 9.64 Å². The Morgan fingerprint density at radius 2 is 1.71 bits per heavy atom. The molecule has 1 aromatic rings. The van der Waals surface area contributed by atoms with E-state index in [1.165, 1.54) is 29.8 Å². The molecule has 1 aromatic carbocycles. The molecule has 0 saturated carbocycles. The molecule has 0 aromatic heterocycles. The van der Waals surface area contributed by atoms with Crippen LogP contribution in [0.4, 0.5) is 0 Å². The Bertz CT molecular complexity index is 356. The summed E-state index contributed by atoms with van der Waals surface area (Å²) in [6.07, 6.45) is 0. The van der Waals surface area contributed by atoms with Gasteiger partial charge in [-0.1, -0.05) is 6.07 Å². The molecule has 0 atom stereocenters. The standard InChI is InChI=1S/C15H25NO/c1-6-16(7-2)8-9-17-15-11-12(3)10-13(4)14(15)5/h10-11H,6-9H2,1-5H3/p+1. The fourth-order valence-corrected chi connectivity index (χ4v) is 2.06. The van der Waals surface area contributed by atoms with Crippen molar-refractivity contribution in [2.45, 2.75) is 34.6 Å². The van der Waals surface area contributed by atoms with Gasteiger partial charge >= 0.3 is 0 Å². The average molecular weight is 236 g/mol. The summed E-state index contributed by atoms with van der Waals surface area (Å²) in [6.45, 7) is 15.1. The van der Waals surface area contributed by atoms with Gasteiger partial charge in [-0.2, -0.15) is 0 Å². The lowest BCUT2D eigenvalue weighted by molar-refractivity contribution is -0.896. The highest BCUT2D eigenvalue weighted by Gasteiger charge is 2.06. The molecular weight excluding hydrogens is 210 g/mol. The van der Waals surface area contributed by atoms with E-state index in [2.05, 4.69) is 46.8 Å². The molecule has 0 amide bonds.